The number of anilines is 1. The molecular weight excluding hydrogens is 390 g/mol. The Kier molecular flexibility index (Phi) is 5.63. The summed E-state index contributed by atoms with van der Waals surface area (Å²) in [5.41, 5.74) is 3.45. The molecule has 0 spiro atoms. The first kappa shape index (κ1) is 18.7. The summed E-state index contributed by atoms with van der Waals surface area (Å²) in [5, 5.41) is 18.6. The number of nitro groups is 1. The van der Waals surface area contributed by atoms with Crippen LogP contribution < -0.4 is 10.7 Å². The van der Waals surface area contributed by atoms with Crippen LogP contribution in [0.15, 0.2) is 47.6 Å². The number of hydrazone groups is 1. The summed E-state index contributed by atoms with van der Waals surface area (Å²) in [4.78, 5) is 26.8. The minimum absolute atomic E-state index is 0.113. The van der Waals surface area contributed by atoms with E-state index in [1.54, 1.807) is 6.92 Å². The van der Waals surface area contributed by atoms with Crippen LogP contribution in [0.5, 0.6) is 0 Å². The van der Waals surface area contributed by atoms with Gasteiger partial charge < -0.3 is 5.32 Å². The molecule has 8 nitrogen and oxygen atoms in total. The molecule has 0 saturated carbocycles. The molecule has 1 aromatic heterocycles. The van der Waals surface area contributed by atoms with Crippen molar-refractivity contribution in [2.24, 2.45) is 5.10 Å². The summed E-state index contributed by atoms with van der Waals surface area (Å²) in [5.74, 6) is -0.382. The van der Waals surface area contributed by atoms with Crippen LogP contribution in [0.25, 0.3) is 10.2 Å². The van der Waals surface area contributed by atoms with E-state index < -0.39 is 11.0 Å². The topological polar surface area (TPSA) is 110 Å². The normalized spacial score (nSPS) is 12.2. The summed E-state index contributed by atoms with van der Waals surface area (Å²) in [6.07, 6.45) is 1.26. The highest BCUT2D eigenvalue weighted by atomic mass is 35.5. The lowest BCUT2D eigenvalue weighted by Crippen LogP contribution is -2.34. The number of nitrogens with one attached hydrogen (secondary N) is 2. The number of thiazole rings is 1. The van der Waals surface area contributed by atoms with Crippen molar-refractivity contribution in [3.8, 4) is 0 Å². The van der Waals surface area contributed by atoms with E-state index in [9.17, 15) is 14.9 Å². The van der Waals surface area contributed by atoms with E-state index in [1.165, 1.54) is 35.8 Å². The average Bonchev–Trinajstić information content (AvgIpc) is 3.05. The largest absolute Gasteiger partial charge is 0.350 e. The highest BCUT2D eigenvalue weighted by Crippen LogP contribution is 2.25. The lowest BCUT2D eigenvalue weighted by molar-refractivity contribution is -0.384. The molecule has 0 bridgehead atoms. The van der Waals surface area contributed by atoms with E-state index in [1.807, 2.05) is 24.3 Å². The molecule has 2 N–H and O–H groups in total. The molecule has 0 fully saturated rings. The molecule has 2 aromatic carbocycles. The van der Waals surface area contributed by atoms with Crippen LogP contribution >= 0.6 is 22.9 Å². The zero-order valence-corrected chi connectivity index (χ0v) is 15.6. The van der Waals surface area contributed by atoms with E-state index >= 15 is 0 Å². The second-order valence-corrected chi connectivity index (χ2v) is 6.99. The van der Waals surface area contributed by atoms with Crippen molar-refractivity contribution >= 4 is 56.1 Å². The van der Waals surface area contributed by atoms with Gasteiger partial charge in [0.1, 0.15) is 6.04 Å². The number of carbonyl (C=O) groups is 1. The van der Waals surface area contributed by atoms with Gasteiger partial charge in [0.05, 0.1) is 21.4 Å². The van der Waals surface area contributed by atoms with Gasteiger partial charge in [-0.25, -0.2) is 10.4 Å². The second-order valence-electron chi connectivity index (χ2n) is 5.55. The molecule has 0 aliphatic rings. The number of hydrogen-bond acceptors (Lipinski definition) is 7. The fraction of sp³-hybridized carbons (Fsp3) is 0.118. The molecule has 27 heavy (non-hydrogen) atoms. The molecular formula is C17H14ClN5O3S. The van der Waals surface area contributed by atoms with Gasteiger partial charge in [0.15, 0.2) is 5.13 Å². The minimum atomic E-state index is -0.580. The summed E-state index contributed by atoms with van der Waals surface area (Å²) in [7, 11) is 0. The number of fused-ring (bicyclic) bond motifs is 1. The Morgan fingerprint density at radius 3 is 2.89 bits per heavy atom. The number of nitro benzene ring substituents is 1. The maximum Gasteiger partial charge on any atom is 0.270 e. The van der Waals surface area contributed by atoms with E-state index in [4.69, 9.17) is 11.6 Å². The minimum Gasteiger partial charge on any atom is -0.350 e. The second kappa shape index (κ2) is 8.11. The highest BCUT2D eigenvalue weighted by molar-refractivity contribution is 7.22. The van der Waals surface area contributed by atoms with Gasteiger partial charge in [0, 0.05) is 22.7 Å². The number of amides is 1. The molecule has 0 unspecified atom stereocenters. The third-order valence-electron chi connectivity index (χ3n) is 3.60. The first-order chi connectivity index (χ1) is 12.9. The molecule has 3 rings (SSSR count). The number of aromatic nitrogens is 1. The molecule has 1 heterocycles. The lowest BCUT2D eigenvalue weighted by Gasteiger charge is -2.10. The highest BCUT2D eigenvalue weighted by Gasteiger charge is 2.14. The van der Waals surface area contributed by atoms with Gasteiger partial charge in [-0.1, -0.05) is 35.1 Å². The third kappa shape index (κ3) is 4.57. The number of halogens is 1. The Morgan fingerprint density at radius 2 is 2.15 bits per heavy atom. The van der Waals surface area contributed by atoms with Gasteiger partial charge in [-0.2, -0.15) is 5.10 Å². The summed E-state index contributed by atoms with van der Waals surface area (Å²) >= 11 is 7.43. The molecule has 0 aliphatic heterocycles. The Balaban J connectivity index is 1.62. The maximum atomic E-state index is 12.2. The van der Waals surface area contributed by atoms with Crippen molar-refractivity contribution in [1.29, 1.82) is 0 Å². The number of carbonyl (C=O) groups excluding carboxylic acids is 1. The van der Waals surface area contributed by atoms with Gasteiger partial charge in [-0.3, -0.25) is 14.9 Å². The predicted molar refractivity (Wildman–Crippen MR) is 107 cm³/mol. The Hall–Kier alpha value is -3.04. The molecule has 3 aromatic rings. The Morgan fingerprint density at radius 1 is 1.37 bits per heavy atom. The fourth-order valence-electron chi connectivity index (χ4n) is 2.19. The molecule has 1 amide bonds. The fourth-order valence-corrected chi connectivity index (χ4v) is 3.31. The lowest BCUT2D eigenvalue weighted by atomic mass is 10.2. The van der Waals surface area contributed by atoms with E-state index in [-0.39, 0.29) is 11.6 Å². The predicted octanol–water partition coefficient (Wildman–Crippen LogP) is 3.81. The van der Waals surface area contributed by atoms with Crippen molar-refractivity contribution < 1.29 is 9.72 Å². The monoisotopic (exact) mass is 403 g/mol. The number of nitrogens with zero attached hydrogens (tertiary/aromatic N) is 3. The van der Waals surface area contributed by atoms with Crippen molar-refractivity contribution in [1.82, 2.24) is 10.4 Å². The number of rotatable bonds is 6. The molecule has 10 heteroatoms. The van der Waals surface area contributed by atoms with Crippen LogP contribution in [-0.2, 0) is 4.79 Å². The van der Waals surface area contributed by atoms with Crippen LogP contribution in [0.2, 0.25) is 5.02 Å². The first-order valence-corrected chi connectivity index (χ1v) is 9.02. The summed E-state index contributed by atoms with van der Waals surface area (Å²) in [6, 6.07) is 11.1. The molecule has 0 saturated heterocycles. The smallest absolute Gasteiger partial charge is 0.270 e. The molecule has 138 valence electrons. The van der Waals surface area contributed by atoms with Crippen molar-refractivity contribution in [2.75, 3.05) is 5.32 Å². The van der Waals surface area contributed by atoms with Crippen molar-refractivity contribution in [3.63, 3.8) is 0 Å². The molecule has 1 atom stereocenters. The van der Waals surface area contributed by atoms with E-state index in [0.29, 0.717) is 15.7 Å². The molecule has 0 aliphatic carbocycles. The zero-order chi connectivity index (χ0) is 19.4. The van der Waals surface area contributed by atoms with Gasteiger partial charge >= 0.3 is 0 Å². The maximum absolute atomic E-state index is 12.2. The van der Waals surface area contributed by atoms with Gasteiger partial charge in [0.2, 0.25) is 0 Å². The van der Waals surface area contributed by atoms with Gasteiger partial charge in [0.25, 0.3) is 11.6 Å². The van der Waals surface area contributed by atoms with Crippen LogP contribution in [0.3, 0.4) is 0 Å². The van der Waals surface area contributed by atoms with Crippen LogP contribution in [0, 0.1) is 10.1 Å². The zero-order valence-electron chi connectivity index (χ0n) is 14.0. The number of benzene rings is 2. The Bertz CT molecular complexity index is 1000. The van der Waals surface area contributed by atoms with Crippen molar-refractivity contribution in [2.45, 2.75) is 13.0 Å². The quantitative estimate of drug-likeness (QED) is 0.369. The van der Waals surface area contributed by atoms with Crippen LogP contribution in [0.4, 0.5) is 10.8 Å². The number of non-ortho nitro benzene ring substituents is 1. The standard InChI is InChI=1S/C17H14ClN5O3S/c1-10(20-17-21-14-4-2-3-5-15(14)27-17)16(24)22-19-9-11-8-12(23(25)26)6-7-13(11)18/h2-10H,1H3,(H,20,21)(H,22,24)/b19-9-/t10-/m0/s1. The number of para-hydroxylation sites is 1. The Labute approximate surface area is 163 Å². The van der Waals surface area contributed by atoms with Gasteiger partial charge in [-0.15, -0.1) is 0 Å². The molecule has 0 radical (unpaired) electrons. The number of hydrogen-bond donors (Lipinski definition) is 2. The van der Waals surface area contributed by atoms with Gasteiger partial charge in [-0.05, 0) is 25.1 Å². The average molecular weight is 404 g/mol. The summed E-state index contributed by atoms with van der Waals surface area (Å²) in [6.45, 7) is 1.68. The third-order valence-corrected chi connectivity index (χ3v) is 4.91. The summed E-state index contributed by atoms with van der Waals surface area (Å²) < 4.78 is 1.02. The van der Waals surface area contributed by atoms with E-state index in [2.05, 4.69) is 20.8 Å². The first-order valence-electron chi connectivity index (χ1n) is 7.83. The van der Waals surface area contributed by atoms with E-state index in [0.717, 1.165) is 10.2 Å². The SMILES string of the molecule is C[C@H](Nc1nc2ccccc2s1)C(=O)N/N=C\c1cc([N+](=O)[O-])ccc1Cl. The van der Waals surface area contributed by atoms with Crippen LogP contribution in [0.1, 0.15) is 12.5 Å². The van der Waals surface area contributed by atoms with Crippen LogP contribution in [-0.4, -0.2) is 28.1 Å². The van der Waals surface area contributed by atoms with Crippen molar-refractivity contribution in [3.05, 3.63) is 63.2 Å².